The number of fused-ring (bicyclic) bond motifs is 1. The van der Waals surface area contributed by atoms with E-state index in [1.54, 1.807) is 18.2 Å². The third kappa shape index (κ3) is 2.61. The Kier molecular flexibility index (Phi) is 3.99. The fraction of sp³-hybridized carbons (Fsp3) is 0.118. The number of hydrogen-bond acceptors (Lipinski definition) is 4. The maximum Gasteiger partial charge on any atom is 0.261 e. The Hall–Kier alpha value is -2.86. The molecule has 122 valence electrons. The van der Waals surface area contributed by atoms with Gasteiger partial charge in [-0.05, 0) is 36.4 Å². The van der Waals surface area contributed by atoms with Gasteiger partial charge in [0.25, 0.3) is 17.7 Å². The van der Waals surface area contributed by atoms with Gasteiger partial charge in [0.1, 0.15) is 5.75 Å². The second-order valence-corrected chi connectivity index (χ2v) is 5.64. The summed E-state index contributed by atoms with van der Waals surface area (Å²) in [6, 6.07) is 9.25. The topological polar surface area (TPSA) is 75.7 Å². The highest BCUT2D eigenvalue weighted by Gasteiger charge is 2.33. The summed E-state index contributed by atoms with van der Waals surface area (Å²) in [4.78, 5) is 37.2. The summed E-state index contributed by atoms with van der Waals surface area (Å²) >= 11 is 6.02. The molecular weight excluding hydrogens is 332 g/mol. The molecular formula is C17H13ClN2O4. The van der Waals surface area contributed by atoms with E-state index < -0.39 is 11.8 Å². The molecule has 6 nitrogen and oxygen atoms in total. The van der Waals surface area contributed by atoms with Crippen molar-refractivity contribution in [2.75, 3.05) is 19.5 Å². The Labute approximate surface area is 143 Å². The first-order valence-electron chi connectivity index (χ1n) is 7.03. The standard InChI is InChI=1S/C17H13ClN2O4/c1-20-16(22)11-5-3-9(7-12(11)17(20)23)15(21)19-10-4-6-14(24-2)13(18)8-10/h3-8H,1-2H3,(H,19,21). The second kappa shape index (κ2) is 5.98. The van der Waals surface area contributed by atoms with Crippen LogP contribution in [-0.2, 0) is 0 Å². The molecule has 0 fully saturated rings. The van der Waals surface area contributed by atoms with Gasteiger partial charge in [0, 0.05) is 18.3 Å². The number of rotatable bonds is 3. The first kappa shape index (κ1) is 16.0. The van der Waals surface area contributed by atoms with Gasteiger partial charge in [-0.2, -0.15) is 0 Å². The van der Waals surface area contributed by atoms with Crippen LogP contribution in [-0.4, -0.2) is 36.8 Å². The minimum atomic E-state index is -0.419. The third-order valence-corrected chi connectivity index (χ3v) is 4.06. The van der Waals surface area contributed by atoms with E-state index in [1.165, 1.54) is 32.4 Å². The number of carbonyl (C=O) groups excluding carboxylic acids is 3. The van der Waals surface area contributed by atoms with Crippen molar-refractivity contribution in [3.8, 4) is 5.75 Å². The van der Waals surface area contributed by atoms with Gasteiger partial charge in [0.15, 0.2) is 0 Å². The van der Waals surface area contributed by atoms with Gasteiger partial charge >= 0.3 is 0 Å². The zero-order valence-electron chi connectivity index (χ0n) is 12.9. The number of carbonyl (C=O) groups is 3. The Morgan fingerprint density at radius 3 is 2.46 bits per heavy atom. The maximum atomic E-state index is 12.4. The second-order valence-electron chi connectivity index (χ2n) is 5.23. The number of methoxy groups -OCH3 is 1. The SMILES string of the molecule is COc1ccc(NC(=O)c2ccc3c(c2)C(=O)N(C)C3=O)cc1Cl. The lowest BCUT2D eigenvalue weighted by atomic mass is 10.1. The number of benzene rings is 2. The Balaban J connectivity index is 1.86. The highest BCUT2D eigenvalue weighted by atomic mass is 35.5. The molecule has 2 aromatic carbocycles. The van der Waals surface area contributed by atoms with Crippen LogP contribution in [0.25, 0.3) is 0 Å². The van der Waals surface area contributed by atoms with Gasteiger partial charge in [-0.3, -0.25) is 19.3 Å². The fourth-order valence-corrected chi connectivity index (χ4v) is 2.71. The quantitative estimate of drug-likeness (QED) is 0.869. The van der Waals surface area contributed by atoms with E-state index in [9.17, 15) is 14.4 Å². The molecule has 7 heteroatoms. The van der Waals surface area contributed by atoms with Crippen molar-refractivity contribution >= 4 is 35.0 Å². The summed E-state index contributed by atoms with van der Waals surface area (Å²) in [5, 5.41) is 3.06. The first-order valence-corrected chi connectivity index (χ1v) is 7.41. The van der Waals surface area contributed by atoms with E-state index in [4.69, 9.17) is 16.3 Å². The molecule has 0 atom stereocenters. The van der Waals surface area contributed by atoms with Crippen LogP contribution in [0.4, 0.5) is 5.69 Å². The van der Waals surface area contributed by atoms with Crippen LogP contribution in [0.15, 0.2) is 36.4 Å². The van der Waals surface area contributed by atoms with Crippen molar-refractivity contribution in [1.29, 1.82) is 0 Å². The minimum Gasteiger partial charge on any atom is -0.495 e. The van der Waals surface area contributed by atoms with E-state index in [0.29, 0.717) is 22.0 Å². The Morgan fingerprint density at radius 2 is 1.79 bits per heavy atom. The van der Waals surface area contributed by atoms with Crippen LogP contribution in [0.1, 0.15) is 31.1 Å². The molecule has 2 aromatic rings. The summed E-state index contributed by atoms with van der Waals surface area (Å²) in [6.07, 6.45) is 0. The van der Waals surface area contributed by atoms with Crippen LogP contribution < -0.4 is 10.1 Å². The summed E-state index contributed by atoms with van der Waals surface area (Å²) in [5.41, 5.74) is 1.29. The van der Waals surface area contributed by atoms with E-state index in [-0.39, 0.29) is 17.0 Å². The molecule has 0 saturated carbocycles. The average Bonchev–Trinajstić information content (AvgIpc) is 2.79. The van der Waals surface area contributed by atoms with Crippen LogP contribution in [0, 0.1) is 0 Å². The van der Waals surface area contributed by atoms with Gasteiger partial charge in [0.05, 0.1) is 23.3 Å². The van der Waals surface area contributed by atoms with E-state index in [2.05, 4.69) is 5.32 Å². The maximum absolute atomic E-state index is 12.4. The lowest BCUT2D eigenvalue weighted by molar-refractivity contribution is 0.0693. The van der Waals surface area contributed by atoms with Gasteiger partial charge < -0.3 is 10.1 Å². The molecule has 0 aliphatic carbocycles. The van der Waals surface area contributed by atoms with E-state index in [1.807, 2.05) is 0 Å². The predicted molar refractivity (Wildman–Crippen MR) is 88.8 cm³/mol. The number of halogens is 1. The third-order valence-electron chi connectivity index (χ3n) is 3.76. The smallest absolute Gasteiger partial charge is 0.261 e. The average molecular weight is 345 g/mol. The summed E-state index contributed by atoms with van der Waals surface area (Å²) < 4.78 is 5.05. The van der Waals surface area contributed by atoms with Crippen LogP contribution in [0.5, 0.6) is 5.75 Å². The lowest BCUT2D eigenvalue weighted by Crippen LogP contribution is -2.24. The Morgan fingerprint density at radius 1 is 1.08 bits per heavy atom. The monoisotopic (exact) mass is 344 g/mol. The Bertz CT molecular complexity index is 879. The van der Waals surface area contributed by atoms with Crippen molar-refractivity contribution in [3.05, 3.63) is 58.1 Å². The van der Waals surface area contributed by atoms with Gasteiger partial charge in [-0.25, -0.2) is 0 Å². The van der Waals surface area contributed by atoms with Gasteiger partial charge in [-0.1, -0.05) is 11.6 Å². The molecule has 1 N–H and O–H groups in total. The molecule has 1 heterocycles. The molecule has 0 spiro atoms. The van der Waals surface area contributed by atoms with Crippen molar-refractivity contribution < 1.29 is 19.1 Å². The molecule has 1 aliphatic heterocycles. The number of nitrogens with one attached hydrogen (secondary N) is 1. The molecule has 0 radical (unpaired) electrons. The largest absolute Gasteiger partial charge is 0.495 e. The molecule has 0 aromatic heterocycles. The minimum absolute atomic E-state index is 0.225. The first-order chi connectivity index (χ1) is 11.4. The number of ether oxygens (including phenoxy) is 1. The normalized spacial score (nSPS) is 13.0. The van der Waals surface area contributed by atoms with E-state index >= 15 is 0 Å². The van der Waals surface area contributed by atoms with Crippen molar-refractivity contribution in [3.63, 3.8) is 0 Å². The highest BCUT2D eigenvalue weighted by Crippen LogP contribution is 2.28. The predicted octanol–water partition coefficient (Wildman–Crippen LogP) is 2.83. The summed E-state index contributed by atoms with van der Waals surface area (Å²) in [7, 11) is 2.91. The summed E-state index contributed by atoms with van der Waals surface area (Å²) in [5.74, 6) is -0.700. The molecule has 3 amide bonds. The molecule has 0 bridgehead atoms. The zero-order chi connectivity index (χ0) is 17.4. The number of hydrogen-bond donors (Lipinski definition) is 1. The van der Waals surface area contributed by atoms with Crippen LogP contribution in [0.3, 0.4) is 0 Å². The number of anilines is 1. The van der Waals surface area contributed by atoms with Crippen LogP contribution >= 0.6 is 11.6 Å². The lowest BCUT2D eigenvalue weighted by Gasteiger charge is -2.08. The molecule has 1 aliphatic rings. The molecule has 0 unspecified atom stereocenters. The van der Waals surface area contributed by atoms with Gasteiger partial charge in [0.2, 0.25) is 0 Å². The van der Waals surface area contributed by atoms with Gasteiger partial charge in [-0.15, -0.1) is 0 Å². The van der Waals surface area contributed by atoms with Crippen molar-refractivity contribution in [2.24, 2.45) is 0 Å². The van der Waals surface area contributed by atoms with Crippen molar-refractivity contribution in [1.82, 2.24) is 4.90 Å². The molecule has 24 heavy (non-hydrogen) atoms. The number of nitrogens with zero attached hydrogens (tertiary/aromatic N) is 1. The highest BCUT2D eigenvalue weighted by molar-refractivity contribution is 6.32. The molecule has 0 saturated heterocycles. The number of amides is 3. The van der Waals surface area contributed by atoms with Crippen molar-refractivity contribution in [2.45, 2.75) is 0 Å². The van der Waals surface area contributed by atoms with Crippen LogP contribution in [0.2, 0.25) is 5.02 Å². The number of imide groups is 1. The zero-order valence-corrected chi connectivity index (χ0v) is 13.7. The molecule has 3 rings (SSSR count). The van der Waals surface area contributed by atoms with E-state index in [0.717, 1.165) is 4.90 Å². The summed E-state index contributed by atoms with van der Waals surface area (Å²) in [6.45, 7) is 0. The fourth-order valence-electron chi connectivity index (χ4n) is 2.45.